The van der Waals surface area contributed by atoms with Gasteiger partial charge in [0.25, 0.3) is 5.69 Å². The topological polar surface area (TPSA) is 55.6 Å². The molecule has 0 spiro atoms. The zero-order valence-corrected chi connectivity index (χ0v) is 9.06. The van der Waals surface area contributed by atoms with Gasteiger partial charge in [-0.3, -0.25) is 10.1 Å². The van der Waals surface area contributed by atoms with Crippen molar-refractivity contribution >= 4 is 11.4 Å². The highest BCUT2D eigenvalue weighted by atomic mass is 19.1. The van der Waals surface area contributed by atoms with Crippen LogP contribution in [0.15, 0.2) is 12.1 Å². The van der Waals surface area contributed by atoms with Crippen molar-refractivity contribution in [2.75, 3.05) is 18.1 Å². The van der Waals surface area contributed by atoms with E-state index in [0.29, 0.717) is 12.3 Å². The fraction of sp³-hybridized carbons (Fsp3) is 0.455. The van der Waals surface area contributed by atoms with Crippen LogP contribution in [0.4, 0.5) is 15.8 Å². The second kappa shape index (κ2) is 3.58. The maximum atomic E-state index is 13.3. The Hall–Kier alpha value is -1.85. The summed E-state index contributed by atoms with van der Waals surface area (Å²) in [5.74, 6) is -0.344. The minimum absolute atomic E-state index is 0.187. The molecule has 6 heteroatoms. The molecule has 1 aromatic rings. The molecule has 2 aliphatic rings. The number of ether oxygens (including phenoxy) is 1. The van der Waals surface area contributed by atoms with E-state index in [2.05, 4.69) is 0 Å². The van der Waals surface area contributed by atoms with Crippen molar-refractivity contribution in [2.45, 2.75) is 18.9 Å². The van der Waals surface area contributed by atoms with Crippen LogP contribution in [0.3, 0.4) is 0 Å². The van der Waals surface area contributed by atoms with Crippen LogP contribution in [-0.2, 0) is 0 Å². The minimum atomic E-state index is -0.631. The highest BCUT2D eigenvalue weighted by Gasteiger charge is 2.37. The molecule has 0 unspecified atom stereocenters. The number of nitro benzene ring substituents is 1. The van der Waals surface area contributed by atoms with Gasteiger partial charge >= 0.3 is 0 Å². The number of nitrogens with zero attached hydrogens (tertiary/aromatic N) is 2. The Morgan fingerprint density at radius 2 is 2.35 bits per heavy atom. The van der Waals surface area contributed by atoms with Crippen LogP contribution >= 0.6 is 0 Å². The van der Waals surface area contributed by atoms with E-state index in [0.717, 1.165) is 25.5 Å². The lowest BCUT2D eigenvalue weighted by molar-refractivity contribution is -0.384. The summed E-state index contributed by atoms with van der Waals surface area (Å²) in [6.45, 7) is 1.25. The molecule has 0 aliphatic carbocycles. The van der Waals surface area contributed by atoms with Crippen molar-refractivity contribution in [3.05, 3.63) is 28.1 Å². The van der Waals surface area contributed by atoms with Gasteiger partial charge in [0.2, 0.25) is 0 Å². The quantitative estimate of drug-likeness (QED) is 0.555. The zero-order valence-electron chi connectivity index (χ0n) is 9.06. The number of benzene rings is 1. The summed E-state index contributed by atoms with van der Waals surface area (Å²) in [6.07, 6.45) is 1.95. The highest BCUT2D eigenvalue weighted by Crippen LogP contribution is 2.44. The lowest BCUT2D eigenvalue weighted by Gasteiger charge is -2.32. The molecule has 2 aliphatic heterocycles. The first-order chi connectivity index (χ1) is 8.16. The van der Waals surface area contributed by atoms with Crippen LogP contribution in [0.1, 0.15) is 12.8 Å². The Labute approximate surface area is 96.9 Å². The van der Waals surface area contributed by atoms with Crippen LogP contribution in [0.2, 0.25) is 0 Å². The van der Waals surface area contributed by atoms with Crippen molar-refractivity contribution < 1.29 is 14.1 Å². The van der Waals surface area contributed by atoms with Gasteiger partial charge < -0.3 is 9.64 Å². The maximum absolute atomic E-state index is 13.3. The summed E-state index contributed by atoms with van der Waals surface area (Å²) < 4.78 is 18.7. The van der Waals surface area contributed by atoms with E-state index in [1.165, 1.54) is 6.07 Å². The molecule has 2 heterocycles. The van der Waals surface area contributed by atoms with Crippen LogP contribution in [0.5, 0.6) is 5.75 Å². The molecule has 0 bridgehead atoms. The molecule has 0 N–H and O–H groups in total. The van der Waals surface area contributed by atoms with Gasteiger partial charge in [-0.2, -0.15) is 0 Å². The van der Waals surface area contributed by atoms with Crippen molar-refractivity contribution in [1.29, 1.82) is 0 Å². The zero-order chi connectivity index (χ0) is 12.0. The number of rotatable bonds is 1. The summed E-state index contributed by atoms with van der Waals surface area (Å²) in [6, 6.07) is 2.37. The summed E-state index contributed by atoms with van der Waals surface area (Å²) >= 11 is 0. The monoisotopic (exact) mass is 238 g/mol. The average molecular weight is 238 g/mol. The van der Waals surface area contributed by atoms with E-state index in [4.69, 9.17) is 4.74 Å². The molecule has 0 saturated carbocycles. The fourth-order valence-corrected chi connectivity index (χ4v) is 2.59. The van der Waals surface area contributed by atoms with Crippen LogP contribution in [0.25, 0.3) is 0 Å². The van der Waals surface area contributed by atoms with Crippen LogP contribution in [0, 0.1) is 15.9 Å². The van der Waals surface area contributed by atoms with Crippen molar-refractivity contribution in [3.8, 4) is 5.75 Å². The van der Waals surface area contributed by atoms with Gasteiger partial charge in [0.05, 0.1) is 17.0 Å². The standard InChI is InChI=1S/C11H11FN2O3/c12-7-4-9(14(15)16)11-10(5-7)17-6-8-2-1-3-13(8)11/h4-5,8H,1-3,6H2/t8-/m1/s1. The molecular formula is C11H11FN2O3. The first kappa shape index (κ1) is 10.3. The third-order valence-corrected chi connectivity index (χ3v) is 3.31. The van der Waals surface area contributed by atoms with E-state index in [-0.39, 0.29) is 17.5 Å². The first-order valence-electron chi connectivity index (χ1n) is 5.54. The Kier molecular flexibility index (Phi) is 2.17. The number of nitro groups is 1. The molecule has 3 rings (SSSR count). The van der Waals surface area contributed by atoms with Crippen LogP contribution < -0.4 is 9.64 Å². The lowest BCUT2D eigenvalue weighted by atomic mass is 10.1. The predicted octanol–water partition coefficient (Wildman–Crippen LogP) is 2.10. The third kappa shape index (κ3) is 1.51. The number of hydrogen-bond donors (Lipinski definition) is 0. The van der Waals surface area contributed by atoms with Gasteiger partial charge in [-0.15, -0.1) is 0 Å². The molecule has 17 heavy (non-hydrogen) atoms. The lowest BCUT2D eigenvalue weighted by Crippen LogP contribution is -2.38. The Balaban J connectivity index is 2.18. The Morgan fingerprint density at radius 1 is 1.53 bits per heavy atom. The number of fused-ring (bicyclic) bond motifs is 3. The van der Waals surface area contributed by atoms with E-state index in [9.17, 15) is 14.5 Å². The molecule has 0 aromatic heterocycles. The molecule has 1 saturated heterocycles. The van der Waals surface area contributed by atoms with E-state index < -0.39 is 10.7 Å². The molecule has 0 radical (unpaired) electrons. The summed E-state index contributed by atoms with van der Waals surface area (Å²) in [5.41, 5.74) is 0.233. The molecule has 0 amide bonds. The maximum Gasteiger partial charge on any atom is 0.299 e. The van der Waals surface area contributed by atoms with Crippen molar-refractivity contribution in [3.63, 3.8) is 0 Å². The van der Waals surface area contributed by atoms with Gasteiger partial charge in [0.1, 0.15) is 12.4 Å². The second-order valence-electron chi connectivity index (χ2n) is 4.33. The van der Waals surface area contributed by atoms with Gasteiger partial charge in [-0.1, -0.05) is 0 Å². The molecular weight excluding hydrogens is 227 g/mol. The van der Waals surface area contributed by atoms with Gasteiger partial charge in [-0.05, 0) is 12.8 Å². The van der Waals surface area contributed by atoms with Gasteiger partial charge in [0.15, 0.2) is 11.4 Å². The van der Waals surface area contributed by atoms with Crippen molar-refractivity contribution in [1.82, 2.24) is 0 Å². The SMILES string of the molecule is O=[N+]([O-])c1cc(F)cc2c1N1CCC[C@@H]1CO2. The number of hydrogen-bond acceptors (Lipinski definition) is 4. The average Bonchev–Trinajstić information content (AvgIpc) is 2.75. The normalized spacial score (nSPS) is 21.7. The Bertz CT molecular complexity index is 492. The Morgan fingerprint density at radius 3 is 3.12 bits per heavy atom. The van der Waals surface area contributed by atoms with Gasteiger partial charge in [0, 0.05) is 12.6 Å². The molecule has 90 valence electrons. The number of halogens is 1. The predicted molar refractivity (Wildman–Crippen MR) is 58.9 cm³/mol. The van der Waals surface area contributed by atoms with Gasteiger partial charge in [-0.25, -0.2) is 4.39 Å². The molecule has 1 aromatic carbocycles. The second-order valence-corrected chi connectivity index (χ2v) is 4.33. The fourth-order valence-electron chi connectivity index (χ4n) is 2.59. The van der Waals surface area contributed by atoms with E-state index >= 15 is 0 Å². The first-order valence-corrected chi connectivity index (χ1v) is 5.54. The van der Waals surface area contributed by atoms with Crippen molar-refractivity contribution in [2.24, 2.45) is 0 Å². The largest absolute Gasteiger partial charge is 0.489 e. The third-order valence-electron chi connectivity index (χ3n) is 3.31. The van der Waals surface area contributed by atoms with E-state index in [1.807, 2.05) is 4.90 Å². The summed E-state index contributed by atoms with van der Waals surface area (Å²) in [7, 11) is 0. The minimum Gasteiger partial charge on any atom is -0.489 e. The highest BCUT2D eigenvalue weighted by molar-refractivity contribution is 5.73. The summed E-state index contributed by atoms with van der Waals surface area (Å²) in [4.78, 5) is 12.4. The molecule has 1 fully saturated rings. The summed E-state index contributed by atoms with van der Waals surface area (Å²) in [5, 5.41) is 11.0. The van der Waals surface area contributed by atoms with E-state index in [1.54, 1.807) is 0 Å². The smallest absolute Gasteiger partial charge is 0.299 e. The number of anilines is 1. The van der Waals surface area contributed by atoms with Crippen LogP contribution in [-0.4, -0.2) is 24.1 Å². The molecule has 1 atom stereocenters. The molecule has 5 nitrogen and oxygen atoms in total.